The molecule has 1 fully saturated rings. The molecule has 22 heavy (non-hydrogen) atoms. The molecule has 1 saturated heterocycles. The Hall–Kier alpha value is -2.17. The number of carbonyl (C=O) groups is 1. The van der Waals surface area contributed by atoms with Gasteiger partial charge < -0.3 is 4.74 Å². The van der Waals surface area contributed by atoms with Gasteiger partial charge in [-0.2, -0.15) is 5.06 Å². The summed E-state index contributed by atoms with van der Waals surface area (Å²) in [5.74, 6) is -0.310. The van der Waals surface area contributed by atoms with Crippen LogP contribution in [0.15, 0.2) is 60.7 Å². The maximum atomic E-state index is 11.9. The van der Waals surface area contributed by atoms with Gasteiger partial charge >= 0.3 is 5.97 Å². The van der Waals surface area contributed by atoms with Crippen molar-refractivity contribution in [2.75, 3.05) is 13.7 Å². The van der Waals surface area contributed by atoms with Crippen molar-refractivity contribution in [3.8, 4) is 0 Å². The lowest BCUT2D eigenvalue weighted by Gasteiger charge is -2.17. The quantitative estimate of drug-likeness (QED) is 0.812. The summed E-state index contributed by atoms with van der Waals surface area (Å²) in [5.41, 5.74) is 1.77. The first-order chi connectivity index (χ1) is 10.7. The zero-order chi connectivity index (χ0) is 15.4. The minimum absolute atomic E-state index is 0.108. The molecule has 0 amide bonds. The molecule has 0 N–H and O–H groups in total. The molecule has 3 rings (SSSR count). The average molecular weight is 297 g/mol. The van der Waals surface area contributed by atoms with Gasteiger partial charge in [0.1, 0.15) is 12.7 Å². The van der Waals surface area contributed by atoms with Crippen molar-refractivity contribution in [2.45, 2.75) is 18.6 Å². The summed E-state index contributed by atoms with van der Waals surface area (Å²) in [6.45, 7) is 0.265. The molecule has 0 saturated carbocycles. The predicted octanol–water partition coefficient (Wildman–Crippen LogP) is 3.22. The number of benzene rings is 2. The maximum Gasteiger partial charge on any atom is 0.338 e. The lowest BCUT2D eigenvalue weighted by atomic mass is 10.0. The van der Waals surface area contributed by atoms with E-state index >= 15 is 0 Å². The first-order valence-corrected chi connectivity index (χ1v) is 7.41. The van der Waals surface area contributed by atoms with Crippen LogP contribution in [0, 0.1) is 0 Å². The molecule has 0 unspecified atom stereocenters. The highest BCUT2D eigenvalue weighted by atomic mass is 16.7. The second-order valence-corrected chi connectivity index (χ2v) is 5.40. The summed E-state index contributed by atoms with van der Waals surface area (Å²) >= 11 is 0. The fourth-order valence-electron chi connectivity index (χ4n) is 2.69. The molecule has 4 heteroatoms. The highest BCUT2D eigenvalue weighted by molar-refractivity contribution is 5.89. The molecule has 0 spiro atoms. The van der Waals surface area contributed by atoms with Crippen LogP contribution in [0.4, 0.5) is 0 Å². The molecule has 0 aromatic heterocycles. The van der Waals surface area contributed by atoms with Crippen LogP contribution >= 0.6 is 0 Å². The Balaban J connectivity index is 1.56. The summed E-state index contributed by atoms with van der Waals surface area (Å²) in [7, 11) is 1.91. The van der Waals surface area contributed by atoms with E-state index in [4.69, 9.17) is 9.57 Å². The van der Waals surface area contributed by atoms with Crippen LogP contribution < -0.4 is 0 Å². The molecular weight excluding hydrogens is 278 g/mol. The van der Waals surface area contributed by atoms with Crippen molar-refractivity contribution in [1.29, 1.82) is 0 Å². The van der Waals surface area contributed by atoms with Crippen LogP contribution in [-0.4, -0.2) is 30.8 Å². The molecule has 0 radical (unpaired) electrons. The number of nitrogens with zero attached hydrogens (tertiary/aromatic N) is 1. The highest BCUT2D eigenvalue weighted by Crippen LogP contribution is 2.32. The summed E-state index contributed by atoms with van der Waals surface area (Å²) in [5, 5.41) is 1.84. The topological polar surface area (TPSA) is 38.8 Å². The molecule has 2 aromatic carbocycles. The molecule has 1 aliphatic rings. The van der Waals surface area contributed by atoms with Crippen LogP contribution in [0.5, 0.6) is 0 Å². The smallest absolute Gasteiger partial charge is 0.338 e. The minimum Gasteiger partial charge on any atom is -0.459 e. The van der Waals surface area contributed by atoms with Crippen molar-refractivity contribution in [1.82, 2.24) is 5.06 Å². The number of rotatable bonds is 4. The van der Waals surface area contributed by atoms with Crippen molar-refractivity contribution in [2.24, 2.45) is 0 Å². The first-order valence-electron chi connectivity index (χ1n) is 7.41. The lowest BCUT2D eigenvalue weighted by molar-refractivity contribution is -0.153. The fourth-order valence-corrected chi connectivity index (χ4v) is 2.69. The van der Waals surface area contributed by atoms with E-state index < -0.39 is 0 Å². The van der Waals surface area contributed by atoms with E-state index in [-0.39, 0.29) is 24.7 Å². The number of hydroxylamine groups is 2. The monoisotopic (exact) mass is 297 g/mol. The molecule has 2 aromatic rings. The number of carbonyl (C=O) groups excluding carboxylic acids is 1. The fraction of sp³-hybridized carbons (Fsp3) is 0.278. The van der Waals surface area contributed by atoms with Gasteiger partial charge in [0.2, 0.25) is 0 Å². The van der Waals surface area contributed by atoms with Gasteiger partial charge in [0.15, 0.2) is 0 Å². The largest absolute Gasteiger partial charge is 0.459 e. The van der Waals surface area contributed by atoms with Crippen molar-refractivity contribution in [3.63, 3.8) is 0 Å². The molecule has 0 aliphatic carbocycles. The Morgan fingerprint density at radius 2 is 1.77 bits per heavy atom. The van der Waals surface area contributed by atoms with E-state index in [1.54, 1.807) is 12.1 Å². The average Bonchev–Trinajstić information content (AvgIpc) is 2.95. The van der Waals surface area contributed by atoms with Crippen molar-refractivity contribution >= 4 is 5.97 Å². The van der Waals surface area contributed by atoms with E-state index in [1.165, 1.54) is 5.56 Å². The lowest BCUT2D eigenvalue weighted by Crippen LogP contribution is -2.20. The highest BCUT2D eigenvalue weighted by Gasteiger charge is 2.32. The van der Waals surface area contributed by atoms with Gasteiger partial charge in [-0.1, -0.05) is 48.5 Å². The van der Waals surface area contributed by atoms with Gasteiger partial charge in [0.05, 0.1) is 11.6 Å². The number of hydrogen-bond donors (Lipinski definition) is 0. The van der Waals surface area contributed by atoms with E-state index in [2.05, 4.69) is 12.1 Å². The van der Waals surface area contributed by atoms with E-state index in [1.807, 2.05) is 48.5 Å². The number of hydrogen-bond acceptors (Lipinski definition) is 4. The zero-order valence-corrected chi connectivity index (χ0v) is 12.5. The third-order valence-electron chi connectivity index (χ3n) is 3.83. The molecule has 2 atom stereocenters. The van der Waals surface area contributed by atoms with Gasteiger partial charge in [-0.15, -0.1) is 0 Å². The third-order valence-corrected chi connectivity index (χ3v) is 3.83. The van der Waals surface area contributed by atoms with E-state index in [9.17, 15) is 4.79 Å². The summed E-state index contributed by atoms with van der Waals surface area (Å²) in [6.07, 6.45) is 0.700. The van der Waals surface area contributed by atoms with Crippen LogP contribution in [0.2, 0.25) is 0 Å². The summed E-state index contributed by atoms with van der Waals surface area (Å²) < 4.78 is 5.35. The second kappa shape index (κ2) is 6.73. The Bertz CT molecular complexity index is 615. The van der Waals surface area contributed by atoms with Gasteiger partial charge in [0, 0.05) is 13.5 Å². The standard InChI is InChI=1S/C18H19NO3/c1-19-17(14-8-4-2-5-9-14)12-16(22-19)13-21-18(20)15-10-6-3-7-11-15/h2-11,16-17H,12-13H2,1H3/t16-,17-/m0/s1. The number of esters is 1. The SMILES string of the molecule is CN1O[C@H](COC(=O)c2ccccc2)C[C@H]1c1ccccc1. The second-order valence-electron chi connectivity index (χ2n) is 5.40. The van der Waals surface area contributed by atoms with Gasteiger partial charge in [0.25, 0.3) is 0 Å². The van der Waals surface area contributed by atoms with Crippen molar-refractivity contribution < 1.29 is 14.4 Å². The summed E-state index contributed by atoms with van der Waals surface area (Å²) in [4.78, 5) is 17.7. The van der Waals surface area contributed by atoms with Crippen molar-refractivity contribution in [3.05, 3.63) is 71.8 Å². The summed E-state index contributed by atoms with van der Waals surface area (Å²) in [6, 6.07) is 19.4. The van der Waals surface area contributed by atoms with Crippen LogP contribution in [-0.2, 0) is 9.57 Å². The van der Waals surface area contributed by atoms with Gasteiger partial charge in [-0.05, 0) is 17.7 Å². The van der Waals surface area contributed by atoms with Crippen LogP contribution in [0.1, 0.15) is 28.4 Å². The zero-order valence-electron chi connectivity index (χ0n) is 12.5. The Kier molecular flexibility index (Phi) is 4.51. The Morgan fingerprint density at radius 3 is 2.45 bits per heavy atom. The third kappa shape index (κ3) is 3.35. The van der Waals surface area contributed by atoms with Crippen LogP contribution in [0.3, 0.4) is 0 Å². The normalized spacial score (nSPS) is 21.7. The number of ether oxygens (including phenoxy) is 1. The Labute approximate surface area is 130 Å². The molecular formula is C18H19NO3. The predicted molar refractivity (Wildman–Crippen MR) is 83.2 cm³/mol. The Morgan fingerprint density at radius 1 is 1.14 bits per heavy atom. The van der Waals surface area contributed by atoms with Gasteiger partial charge in [-0.3, -0.25) is 4.84 Å². The van der Waals surface area contributed by atoms with Gasteiger partial charge in [-0.25, -0.2) is 4.79 Å². The van der Waals surface area contributed by atoms with E-state index in [0.717, 1.165) is 6.42 Å². The first kappa shape index (κ1) is 14.8. The minimum atomic E-state index is -0.310. The van der Waals surface area contributed by atoms with Crippen LogP contribution in [0.25, 0.3) is 0 Å². The molecule has 4 nitrogen and oxygen atoms in total. The molecule has 0 bridgehead atoms. The molecule has 1 heterocycles. The molecule has 114 valence electrons. The molecule has 1 aliphatic heterocycles. The van der Waals surface area contributed by atoms with E-state index in [0.29, 0.717) is 5.56 Å². The maximum absolute atomic E-state index is 11.9.